The molecule has 0 heterocycles. The molecule has 0 atom stereocenters. The highest BCUT2D eigenvalue weighted by molar-refractivity contribution is 5.72. The summed E-state index contributed by atoms with van der Waals surface area (Å²) >= 11 is 0. The summed E-state index contributed by atoms with van der Waals surface area (Å²) in [4.78, 5) is 0. The molecule has 2 aromatic rings. The molecule has 0 aliphatic heterocycles. The average molecular weight is 344 g/mol. The van der Waals surface area contributed by atoms with Gasteiger partial charge in [-0.2, -0.15) is 4.39 Å². The van der Waals surface area contributed by atoms with Gasteiger partial charge in [0.05, 0.1) is 6.61 Å². The predicted octanol–water partition coefficient (Wildman–Crippen LogP) is 6.64. The lowest BCUT2D eigenvalue weighted by atomic mass is 9.77. The van der Waals surface area contributed by atoms with Gasteiger partial charge < -0.3 is 4.74 Å². The van der Waals surface area contributed by atoms with Crippen molar-refractivity contribution in [2.75, 3.05) is 6.61 Å². The lowest BCUT2D eigenvalue weighted by molar-refractivity contribution is 0.308. The number of halogens is 2. The molecule has 2 aromatic carbocycles. The fourth-order valence-corrected chi connectivity index (χ4v) is 4.11. The summed E-state index contributed by atoms with van der Waals surface area (Å²) in [6.45, 7) is 4.14. The molecule has 0 aromatic heterocycles. The largest absolute Gasteiger partial charge is 0.490 e. The second kappa shape index (κ2) is 7.99. The Labute approximate surface area is 149 Å². The van der Waals surface area contributed by atoms with Crippen molar-refractivity contribution in [1.82, 2.24) is 0 Å². The third-order valence-corrected chi connectivity index (χ3v) is 5.20. The van der Waals surface area contributed by atoms with Gasteiger partial charge in [0, 0.05) is 11.1 Å². The Hall–Kier alpha value is -1.90. The van der Waals surface area contributed by atoms with E-state index in [0.29, 0.717) is 18.6 Å². The molecule has 3 heteroatoms. The fraction of sp³-hybridized carbons (Fsp3) is 0.455. The number of hydrogen-bond donors (Lipinski definition) is 0. The van der Waals surface area contributed by atoms with E-state index >= 15 is 4.39 Å². The summed E-state index contributed by atoms with van der Waals surface area (Å²) in [7, 11) is 0. The van der Waals surface area contributed by atoms with E-state index in [9.17, 15) is 4.39 Å². The highest BCUT2D eigenvalue weighted by atomic mass is 19.2. The first-order valence-corrected chi connectivity index (χ1v) is 9.40. The van der Waals surface area contributed by atoms with E-state index in [1.807, 2.05) is 44.2 Å². The Morgan fingerprint density at radius 1 is 0.960 bits per heavy atom. The molecule has 134 valence electrons. The van der Waals surface area contributed by atoms with E-state index in [-0.39, 0.29) is 11.7 Å². The van der Waals surface area contributed by atoms with Crippen LogP contribution in [-0.4, -0.2) is 6.61 Å². The molecule has 0 N–H and O–H groups in total. The highest BCUT2D eigenvalue weighted by Crippen LogP contribution is 2.45. The fourth-order valence-electron chi connectivity index (χ4n) is 4.11. The van der Waals surface area contributed by atoms with E-state index in [0.717, 1.165) is 42.4 Å². The van der Waals surface area contributed by atoms with Crippen LogP contribution in [0.15, 0.2) is 30.3 Å². The van der Waals surface area contributed by atoms with Crippen LogP contribution in [0.5, 0.6) is 5.75 Å². The summed E-state index contributed by atoms with van der Waals surface area (Å²) in [6, 6.07) is 9.38. The quantitative estimate of drug-likeness (QED) is 0.590. The first-order valence-electron chi connectivity index (χ1n) is 9.40. The second-order valence-electron chi connectivity index (χ2n) is 6.71. The monoisotopic (exact) mass is 344 g/mol. The maximum atomic E-state index is 15.1. The molecule has 0 spiro atoms. The van der Waals surface area contributed by atoms with Gasteiger partial charge >= 0.3 is 0 Å². The van der Waals surface area contributed by atoms with Gasteiger partial charge in [0.15, 0.2) is 11.6 Å². The Bertz CT molecular complexity index is 719. The maximum Gasteiger partial charge on any atom is 0.201 e. The lowest BCUT2D eigenvalue weighted by Gasteiger charge is -2.29. The van der Waals surface area contributed by atoms with Crippen molar-refractivity contribution in [3.8, 4) is 16.9 Å². The van der Waals surface area contributed by atoms with Crippen molar-refractivity contribution in [1.29, 1.82) is 0 Å². The van der Waals surface area contributed by atoms with Crippen LogP contribution in [0.1, 0.15) is 63.0 Å². The number of ether oxygens (including phenoxy) is 1. The Kier molecular flexibility index (Phi) is 5.72. The molecule has 1 saturated carbocycles. The van der Waals surface area contributed by atoms with Crippen molar-refractivity contribution in [3.63, 3.8) is 0 Å². The van der Waals surface area contributed by atoms with Gasteiger partial charge in [-0.25, -0.2) is 4.39 Å². The zero-order chi connectivity index (χ0) is 17.8. The Morgan fingerprint density at radius 3 is 2.24 bits per heavy atom. The third kappa shape index (κ3) is 3.42. The van der Waals surface area contributed by atoms with Crippen molar-refractivity contribution in [2.24, 2.45) is 0 Å². The first kappa shape index (κ1) is 17.9. The molecule has 1 aliphatic carbocycles. The summed E-state index contributed by atoms with van der Waals surface area (Å²) in [5.41, 5.74) is 2.99. The van der Waals surface area contributed by atoms with Gasteiger partial charge in [-0.05, 0) is 43.2 Å². The molecular formula is C22H26F2O. The zero-order valence-electron chi connectivity index (χ0n) is 15.1. The van der Waals surface area contributed by atoms with Crippen LogP contribution in [-0.2, 0) is 6.42 Å². The molecule has 0 bridgehead atoms. The van der Waals surface area contributed by atoms with E-state index in [1.54, 1.807) is 0 Å². The normalized spacial score (nSPS) is 15.4. The topological polar surface area (TPSA) is 9.23 Å². The molecular weight excluding hydrogens is 318 g/mol. The molecule has 1 fully saturated rings. The van der Waals surface area contributed by atoms with E-state index in [1.165, 1.54) is 6.42 Å². The molecule has 3 rings (SSSR count). The van der Waals surface area contributed by atoms with Crippen molar-refractivity contribution in [2.45, 2.75) is 58.3 Å². The van der Waals surface area contributed by atoms with Crippen LogP contribution < -0.4 is 4.74 Å². The minimum absolute atomic E-state index is 0.114. The minimum atomic E-state index is -0.850. The molecule has 1 nitrogen and oxygen atoms in total. The number of benzene rings is 2. The number of hydrogen-bond acceptors (Lipinski definition) is 1. The van der Waals surface area contributed by atoms with Crippen molar-refractivity contribution in [3.05, 3.63) is 53.1 Å². The number of rotatable bonds is 5. The summed E-state index contributed by atoms with van der Waals surface area (Å²) < 4.78 is 35.5. The minimum Gasteiger partial charge on any atom is -0.490 e. The van der Waals surface area contributed by atoms with Gasteiger partial charge in [0.25, 0.3) is 0 Å². The lowest BCUT2D eigenvalue weighted by Crippen LogP contribution is -2.14. The van der Waals surface area contributed by atoms with Crippen LogP contribution in [0.2, 0.25) is 0 Å². The first-order chi connectivity index (χ1) is 12.2. The summed E-state index contributed by atoms with van der Waals surface area (Å²) in [5.74, 6) is -1.24. The molecule has 0 unspecified atom stereocenters. The molecule has 1 aliphatic rings. The van der Waals surface area contributed by atoms with Gasteiger partial charge in [-0.15, -0.1) is 0 Å². The molecule has 25 heavy (non-hydrogen) atoms. The molecule has 0 radical (unpaired) electrons. The molecule has 0 amide bonds. The highest BCUT2D eigenvalue weighted by Gasteiger charge is 2.30. The average Bonchev–Trinajstić information content (AvgIpc) is 2.66. The van der Waals surface area contributed by atoms with Gasteiger partial charge in [0.1, 0.15) is 0 Å². The Morgan fingerprint density at radius 2 is 1.64 bits per heavy atom. The third-order valence-electron chi connectivity index (χ3n) is 5.20. The van der Waals surface area contributed by atoms with E-state index in [2.05, 4.69) is 0 Å². The standard InChI is InChI=1S/C22H26F2O/c1-3-17-18(15-11-7-5-8-12-15)19(16-13-9-6-10-14-16)20(23)21(24)22(17)25-4-2/h6,9-10,13-15H,3-5,7-8,11-12H2,1-2H3. The smallest absolute Gasteiger partial charge is 0.201 e. The van der Waals surface area contributed by atoms with Gasteiger partial charge in [0.2, 0.25) is 5.82 Å². The molecule has 0 saturated heterocycles. The van der Waals surface area contributed by atoms with Crippen LogP contribution in [0.3, 0.4) is 0 Å². The predicted molar refractivity (Wildman–Crippen MR) is 98.2 cm³/mol. The SMILES string of the molecule is CCOc1c(F)c(F)c(-c2ccccc2)c(C2CCCCC2)c1CC. The van der Waals surface area contributed by atoms with Crippen LogP contribution in [0.4, 0.5) is 8.78 Å². The summed E-state index contributed by atoms with van der Waals surface area (Å²) in [6.07, 6.45) is 6.21. The van der Waals surface area contributed by atoms with Crippen molar-refractivity contribution >= 4 is 0 Å². The van der Waals surface area contributed by atoms with Crippen molar-refractivity contribution < 1.29 is 13.5 Å². The van der Waals surface area contributed by atoms with Crippen LogP contribution in [0.25, 0.3) is 11.1 Å². The zero-order valence-corrected chi connectivity index (χ0v) is 15.1. The summed E-state index contributed by atoms with van der Waals surface area (Å²) in [5, 5.41) is 0. The maximum absolute atomic E-state index is 15.1. The van der Waals surface area contributed by atoms with Gasteiger partial charge in [-0.3, -0.25) is 0 Å². The van der Waals surface area contributed by atoms with Gasteiger partial charge in [-0.1, -0.05) is 56.5 Å². The van der Waals surface area contributed by atoms with Crippen LogP contribution >= 0.6 is 0 Å². The Balaban J connectivity index is 2.29. The van der Waals surface area contributed by atoms with E-state index < -0.39 is 11.6 Å². The van der Waals surface area contributed by atoms with Crippen LogP contribution in [0, 0.1) is 11.6 Å². The second-order valence-corrected chi connectivity index (χ2v) is 6.71. The van der Waals surface area contributed by atoms with E-state index in [4.69, 9.17) is 4.74 Å².